The molecule has 0 fully saturated rings. The van der Waals surface area contributed by atoms with E-state index in [2.05, 4.69) is 12.3 Å². The number of hydrogen-bond acceptors (Lipinski definition) is 4. The molecule has 0 radical (unpaired) electrons. The molecular weight excluding hydrogens is 296 g/mol. The van der Waals surface area contributed by atoms with Gasteiger partial charge in [0.15, 0.2) is 0 Å². The number of nitrogens with one attached hydrogen (secondary N) is 1. The maximum atomic E-state index is 11.8. The van der Waals surface area contributed by atoms with Crippen molar-refractivity contribution in [2.45, 2.75) is 90.8 Å². The highest BCUT2D eigenvalue weighted by Crippen LogP contribution is 2.10. The number of amides is 2. The summed E-state index contributed by atoms with van der Waals surface area (Å²) in [5, 5.41) is 18.8. The van der Waals surface area contributed by atoms with Gasteiger partial charge in [0.05, 0.1) is 0 Å². The Hall–Kier alpha value is -1.14. The predicted molar refractivity (Wildman–Crippen MR) is 90.2 cm³/mol. The van der Waals surface area contributed by atoms with Crippen LogP contribution in [0.15, 0.2) is 0 Å². The summed E-state index contributed by atoms with van der Waals surface area (Å²) < 4.78 is 0. The summed E-state index contributed by atoms with van der Waals surface area (Å²) in [6.45, 7) is 4.32. The molecule has 0 bridgehead atoms. The van der Waals surface area contributed by atoms with Gasteiger partial charge in [-0.3, -0.25) is 15.0 Å². The highest BCUT2D eigenvalue weighted by Gasteiger charge is 2.20. The van der Waals surface area contributed by atoms with Crippen molar-refractivity contribution in [1.82, 2.24) is 10.4 Å². The molecule has 0 aliphatic rings. The Morgan fingerprint density at radius 2 is 1.39 bits per heavy atom. The van der Waals surface area contributed by atoms with Gasteiger partial charge >= 0.3 is 0 Å². The second kappa shape index (κ2) is 14.5. The van der Waals surface area contributed by atoms with Gasteiger partial charge in [-0.25, -0.2) is 5.01 Å². The van der Waals surface area contributed by atoms with Crippen LogP contribution in [0.5, 0.6) is 0 Å². The van der Waals surface area contributed by atoms with Gasteiger partial charge in [-0.15, -0.1) is 0 Å². The number of carbonyl (C=O) groups is 2. The fraction of sp³-hybridized carbons (Fsp3) is 0.882. The minimum absolute atomic E-state index is 0.254. The van der Waals surface area contributed by atoms with Gasteiger partial charge < -0.3 is 10.2 Å². The predicted octanol–water partition coefficient (Wildman–Crippen LogP) is 2.49. The minimum Gasteiger partial charge on any atom is -0.361 e. The van der Waals surface area contributed by atoms with Crippen LogP contribution in [0.2, 0.25) is 0 Å². The molecule has 0 aliphatic carbocycles. The van der Waals surface area contributed by atoms with E-state index in [0.717, 1.165) is 24.3 Å². The van der Waals surface area contributed by atoms with E-state index in [1.165, 1.54) is 38.5 Å². The molecule has 0 aromatic carbocycles. The second-order valence-corrected chi connectivity index (χ2v) is 5.98. The van der Waals surface area contributed by atoms with Crippen molar-refractivity contribution in [1.29, 1.82) is 0 Å². The third-order valence-electron chi connectivity index (χ3n) is 3.70. The van der Waals surface area contributed by atoms with Crippen LogP contribution < -0.4 is 5.43 Å². The lowest BCUT2D eigenvalue weighted by molar-refractivity contribution is -0.164. The Kier molecular flexibility index (Phi) is 13.7. The Balaban J connectivity index is 3.73. The molecule has 0 rings (SSSR count). The molecule has 0 saturated carbocycles. The lowest BCUT2D eigenvalue weighted by Crippen LogP contribution is -2.50. The fourth-order valence-electron chi connectivity index (χ4n) is 2.39. The van der Waals surface area contributed by atoms with Crippen molar-refractivity contribution in [2.75, 3.05) is 6.54 Å². The molecule has 0 spiro atoms. The molecule has 23 heavy (non-hydrogen) atoms. The SMILES string of the molecule is CCCCCCCCCCCC(=O)NN(CCC)C(=O)C(O)O. The number of hydrogen-bond donors (Lipinski definition) is 3. The first-order valence-electron chi connectivity index (χ1n) is 8.99. The topological polar surface area (TPSA) is 89.9 Å². The van der Waals surface area contributed by atoms with Gasteiger partial charge in [-0.2, -0.15) is 0 Å². The van der Waals surface area contributed by atoms with Crippen LogP contribution in [-0.4, -0.2) is 39.9 Å². The van der Waals surface area contributed by atoms with Gasteiger partial charge in [0.25, 0.3) is 5.91 Å². The molecule has 3 N–H and O–H groups in total. The lowest BCUT2D eigenvalue weighted by Gasteiger charge is -2.23. The summed E-state index contributed by atoms with van der Waals surface area (Å²) in [5.74, 6) is -1.15. The monoisotopic (exact) mass is 330 g/mol. The van der Waals surface area contributed by atoms with Crippen molar-refractivity contribution in [2.24, 2.45) is 0 Å². The van der Waals surface area contributed by atoms with E-state index in [1.807, 2.05) is 6.92 Å². The van der Waals surface area contributed by atoms with E-state index in [0.29, 0.717) is 12.8 Å². The second-order valence-electron chi connectivity index (χ2n) is 5.98. The van der Waals surface area contributed by atoms with Crippen molar-refractivity contribution in [3.8, 4) is 0 Å². The third-order valence-corrected chi connectivity index (χ3v) is 3.70. The van der Waals surface area contributed by atoms with Gasteiger partial charge in [0.1, 0.15) is 0 Å². The number of aliphatic hydroxyl groups excluding tert-OH is 1. The standard InChI is InChI=1S/C17H34N2O4/c1-3-5-6-7-8-9-10-11-12-13-15(20)18-19(14-4-2)16(21)17(22)23/h17,22-23H,3-14H2,1-2H3,(H,18,20). The number of hydrazine groups is 1. The summed E-state index contributed by atoms with van der Waals surface area (Å²) in [6.07, 6.45) is 9.48. The summed E-state index contributed by atoms with van der Waals surface area (Å²) in [6, 6.07) is 0. The van der Waals surface area contributed by atoms with Crippen LogP contribution in [0.25, 0.3) is 0 Å². The zero-order chi connectivity index (χ0) is 17.5. The molecule has 136 valence electrons. The van der Waals surface area contributed by atoms with E-state index in [1.54, 1.807) is 0 Å². The van der Waals surface area contributed by atoms with Crippen LogP contribution in [0.1, 0.15) is 84.5 Å². The number of carbonyl (C=O) groups excluding carboxylic acids is 2. The number of aliphatic hydroxyl groups is 2. The average Bonchev–Trinajstić information content (AvgIpc) is 2.52. The highest BCUT2D eigenvalue weighted by molar-refractivity contribution is 5.83. The van der Waals surface area contributed by atoms with Crippen LogP contribution >= 0.6 is 0 Å². The Bertz CT molecular complexity index is 322. The fourth-order valence-corrected chi connectivity index (χ4v) is 2.39. The number of nitrogens with zero attached hydrogens (tertiary/aromatic N) is 1. The van der Waals surface area contributed by atoms with E-state index < -0.39 is 12.2 Å². The molecule has 0 heterocycles. The maximum absolute atomic E-state index is 11.8. The van der Waals surface area contributed by atoms with Crippen molar-refractivity contribution in [3.63, 3.8) is 0 Å². The summed E-state index contributed by atoms with van der Waals surface area (Å²) in [7, 11) is 0. The zero-order valence-electron chi connectivity index (χ0n) is 14.7. The molecule has 0 atom stereocenters. The first kappa shape index (κ1) is 21.9. The third kappa shape index (κ3) is 12.0. The molecule has 6 heteroatoms. The first-order valence-corrected chi connectivity index (χ1v) is 8.99. The molecular formula is C17H34N2O4. The Morgan fingerprint density at radius 3 is 1.87 bits per heavy atom. The van der Waals surface area contributed by atoms with Gasteiger partial charge in [0, 0.05) is 13.0 Å². The largest absolute Gasteiger partial charge is 0.361 e. The quantitative estimate of drug-likeness (QED) is 0.275. The molecule has 0 aliphatic heterocycles. The Labute approximate surface area is 140 Å². The van der Waals surface area contributed by atoms with Gasteiger partial charge in [-0.1, -0.05) is 65.2 Å². The molecule has 0 unspecified atom stereocenters. The first-order chi connectivity index (χ1) is 11.0. The maximum Gasteiger partial charge on any atom is 0.297 e. The van der Waals surface area contributed by atoms with Crippen molar-refractivity contribution >= 4 is 11.8 Å². The van der Waals surface area contributed by atoms with E-state index >= 15 is 0 Å². The lowest BCUT2D eigenvalue weighted by atomic mass is 10.1. The average molecular weight is 330 g/mol. The summed E-state index contributed by atoms with van der Waals surface area (Å²) in [5.41, 5.74) is 2.45. The highest BCUT2D eigenvalue weighted by atomic mass is 16.5. The molecule has 0 saturated heterocycles. The summed E-state index contributed by atoms with van der Waals surface area (Å²) in [4.78, 5) is 23.3. The molecule has 0 aromatic heterocycles. The molecule has 6 nitrogen and oxygen atoms in total. The van der Waals surface area contributed by atoms with Crippen LogP contribution in [0, 0.1) is 0 Å². The van der Waals surface area contributed by atoms with Crippen LogP contribution in [0.3, 0.4) is 0 Å². The van der Waals surface area contributed by atoms with E-state index in [-0.39, 0.29) is 12.5 Å². The van der Waals surface area contributed by atoms with E-state index in [4.69, 9.17) is 10.2 Å². The van der Waals surface area contributed by atoms with Gasteiger partial charge in [0.2, 0.25) is 12.2 Å². The van der Waals surface area contributed by atoms with Crippen molar-refractivity contribution in [3.05, 3.63) is 0 Å². The van der Waals surface area contributed by atoms with Crippen molar-refractivity contribution < 1.29 is 19.8 Å². The van der Waals surface area contributed by atoms with Gasteiger partial charge in [-0.05, 0) is 12.8 Å². The number of rotatable bonds is 13. The molecule has 0 aromatic rings. The molecule has 2 amide bonds. The van der Waals surface area contributed by atoms with E-state index in [9.17, 15) is 9.59 Å². The smallest absolute Gasteiger partial charge is 0.297 e. The van der Waals surface area contributed by atoms with Crippen LogP contribution in [0.4, 0.5) is 0 Å². The minimum atomic E-state index is -2.09. The zero-order valence-corrected chi connectivity index (χ0v) is 14.7. The normalized spacial score (nSPS) is 10.8. The number of unbranched alkanes of at least 4 members (excludes halogenated alkanes) is 8. The summed E-state index contributed by atoms with van der Waals surface area (Å²) >= 11 is 0. The van der Waals surface area contributed by atoms with Crippen LogP contribution in [-0.2, 0) is 9.59 Å². The Morgan fingerprint density at radius 1 is 0.870 bits per heavy atom.